The number of benzene rings is 2. The predicted molar refractivity (Wildman–Crippen MR) is 128 cm³/mol. The Balaban J connectivity index is 1.26. The number of carbonyl (C=O) groups excluding carboxylic acids is 1. The van der Waals surface area contributed by atoms with Crippen molar-refractivity contribution in [1.82, 2.24) is 14.1 Å². The molecule has 2 heterocycles. The Morgan fingerprint density at radius 1 is 0.844 bits per heavy atom. The third kappa shape index (κ3) is 5.85. The Hall–Kier alpha value is -2.48. The zero-order valence-electron chi connectivity index (χ0n) is 18.4. The van der Waals surface area contributed by atoms with Gasteiger partial charge in [0.15, 0.2) is 0 Å². The molecule has 0 saturated carbocycles. The van der Waals surface area contributed by atoms with Crippen molar-refractivity contribution in [2.75, 3.05) is 45.8 Å². The Morgan fingerprint density at radius 3 is 2.16 bits per heavy atom. The Kier molecular flexibility index (Phi) is 7.40. The summed E-state index contributed by atoms with van der Waals surface area (Å²) >= 11 is 0. The van der Waals surface area contributed by atoms with Crippen molar-refractivity contribution < 1.29 is 13.2 Å². The maximum absolute atomic E-state index is 12.9. The number of carbonyl (C=O) groups is 1. The normalized spacial score (nSPS) is 18.4. The number of rotatable bonds is 7. The van der Waals surface area contributed by atoms with Gasteiger partial charge >= 0.3 is 0 Å². The second-order valence-electron chi connectivity index (χ2n) is 8.47. The molecular weight excluding hydrogens is 422 g/mol. The maximum Gasteiger partial charge on any atom is 0.253 e. The van der Waals surface area contributed by atoms with E-state index < -0.39 is 10.0 Å². The van der Waals surface area contributed by atoms with Crippen molar-refractivity contribution >= 4 is 22.0 Å². The molecule has 0 aromatic heterocycles. The molecule has 0 aliphatic carbocycles. The van der Waals surface area contributed by atoms with Crippen molar-refractivity contribution in [2.45, 2.75) is 18.6 Å². The van der Waals surface area contributed by atoms with Crippen LogP contribution in [0.15, 0.2) is 60.7 Å². The molecule has 4 rings (SSSR count). The summed E-state index contributed by atoms with van der Waals surface area (Å²) in [6.07, 6.45) is 6.16. The molecule has 0 spiro atoms. The maximum atomic E-state index is 12.9. The quantitative estimate of drug-likeness (QED) is 0.647. The number of nitrogens with zero attached hydrogens (tertiary/aromatic N) is 3. The minimum atomic E-state index is -3.27. The number of piperazine rings is 1. The van der Waals surface area contributed by atoms with Crippen LogP contribution in [0.2, 0.25) is 0 Å². The van der Waals surface area contributed by atoms with Crippen molar-refractivity contribution in [2.24, 2.45) is 0 Å². The van der Waals surface area contributed by atoms with E-state index in [-0.39, 0.29) is 11.7 Å². The molecule has 170 valence electrons. The van der Waals surface area contributed by atoms with Gasteiger partial charge in [-0.2, -0.15) is 0 Å². The molecule has 0 radical (unpaired) electrons. The van der Waals surface area contributed by atoms with Crippen molar-refractivity contribution in [3.05, 3.63) is 77.4 Å². The van der Waals surface area contributed by atoms with Gasteiger partial charge in [-0.3, -0.25) is 9.69 Å². The largest absolute Gasteiger partial charge is 0.336 e. The lowest BCUT2D eigenvalue weighted by Gasteiger charge is -2.34. The Bertz CT molecular complexity index is 1020. The first-order valence-corrected chi connectivity index (χ1v) is 12.9. The van der Waals surface area contributed by atoms with E-state index in [9.17, 15) is 13.2 Å². The SMILES string of the molecule is O=C(c1ccc(CS(=O)(=O)N2CCCC2)cc1)N1CCN(C/C=C/c2ccccc2)CC1. The summed E-state index contributed by atoms with van der Waals surface area (Å²) in [5.41, 5.74) is 2.53. The molecule has 7 heteroatoms. The van der Waals surface area contributed by atoms with Crippen LogP contribution < -0.4 is 0 Å². The van der Waals surface area contributed by atoms with Crippen LogP contribution >= 0.6 is 0 Å². The molecule has 0 bridgehead atoms. The van der Waals surface area contributed by atoms with E-state index in [0.717, 1.165) is 38.0 Å². The lowest BCUT2D eigenvalue weighted by molar-refractivity contribution is 0.0650. The summed E-state index contributed by atoms with van der Waals surface area (Å²) in [6, 6.07) is 17.3. The van der Waals surface area contributed by atoms with Gasteiger partial charge in [-0.25, -0.2) is 12.7 Å². The molecule has 2 aromatic rings. The minimum absolute atomic E-state index is 0.00333. The minimum Gasteiger partial charge on any atom is -0.336 e. The van der Waals surface area contributed by atoms with Gasteiger partial charge in [-0.15, -0.1) is 0 Å². The highest BCUT2D eigenvalue weighted by atomic mass is 32.2. The lowest BCUT2D eigenvalue weighted by atomic mass is 10.1. The van der Waals surface area contributed by atoms with Crippen molar-refractivity contribution in [3.63, 3.8) is 0 Å². The van der Waals surface area contributed by atoms with Gasteiger partial charge in [-0.1, -0.05) is 54.6 Å². The molecular formula is C25H31N3O3S. The average molecular weight is 454 g/mol. The second-order valence-corrected chi connectivity index (χ2v) is 10.4. The molecule has 2 aliphatic rings. The smallest absolute Gasteiger partial charge is 0.253 e. The first kappa shape index (κ1) is 22.7. The third-order valence-electron chi connectivity index (χ3n) is 6.14. The number of sulfonamides is 1. The number of hydrogen-bond acceptors (Lipinski definition) is 4. The summed E-state index contributed by atoms with van der Waals surface area (Å²) in [5.74, 6) is 0.00910. The van der Waals surface area contributed by atoms with Crippen LogP contribution in [-0.2, 0) is 15.8 Å². The molecule has 2 fully saturated rings. The van der Waals surface area contributed by atoms with Gasteiger partial charge in [0.2, 0.25) is 10.0 Å². The van der Waals surface area contributed by atoms with E-state index in [4.69, 9.17) is 0 Å². The Labute approximate surface area is 191 Å². The highest BCUT2D eigenvalue weighted by Gasteiger charge is 2.26. The average Bonchev–Trinajstić information content (AvgIpc) is 3.36. The van der Waals surface area contributed by atoms with Crippen molar-refractivity contribution in [3.8, 4) is 0 Å². The molecule has 6 nitrogen and oxygen atoms in total. The fourth-order valence-corrected chi connectivity index (χ4v) is 5.84. The van der Waals surface area contributed by atoms with E-state index in [0.29, 0.717) is 31.7 Å². The van der Waals surface area contributed by atoms with E-state index in [1.807, 2.05) is 23.1 Å². The molecule has 2 aromatic carbocycles. The highest BCUT2D eigenvalue weighted by molar-refractivity contribution is 7.88. The van der Waals surface area contributed by atoms with E-state index in [1.54, 1.807) is 28.6 Å². The van der Waals surface area contributed by atoms with E-state index >= 15 is 0 Å². The first-order valence-electron chi connectivity index (χ1n) is 11.3. The Morgan fingerprint density at radius 2 is 1.50 bits per heavy atom. The van der Waals surface area contributed by atoms with Gasteiger partial charge in [0.05, 0.1) is 5.75 Å². The molecule has 32 heavy (non-hydrogen) atoms. The van der Waals surface area contributed by atoms with Gasteiger partial charge in [0.25, 0.3) is 5.91 Å². The van der Waals surface area contributed by atoms with Gasteiger partial charge in [0.1, 0.15) is 0 Å². The van der Waals surface area contributed by atoms with Crippen LogP contribution in [0.25, 0.3) is 6.08 Å². The van der Waals surface area contributed by atoms with Gasteiger partial charge in [-0.05, 0) is 36.1 Å². The van der Waals surface area contributed by atoms with Crippen LogP contribution in [0, 0.1) is 0 Å². The standard InChI is InChI=1S/C25H31N3O3S/c29-25(24-12-10-23(11-13-24)21-32(30,31)28-15-4-5-16-28)27-19-17-26(18-20-27)14-6-9-22-7-2-1-3-8-22/h1-3,6-13H,4-5,14-21H2/b9-6+. The zero-order valence-corrected chi connectivity index (χ0v) is 19.2. The first-order chi connectivity index (χ1) is 15.5. The van der Waals surface area contributed by atoms with Crippen LogP contribution in [0.5, 0.6) is 0 Å². The van der Waals surface area contributed by atoms with E-state index in [2.05, 4.69) is 29.2 Å². The summed E-state index contributed by atoms with van der Waals surface area (Å²) in [5, 5.41) is 0. The monoisotopic (exact) mass is 453 g/mol. The number of hydrogen-bond donors (Lipinski definition) is 0. The summed E-state index contributed by atoms with van der Waals surface area (Å²) in [4.78, 5) is 17.1. The fraction of sp³-hybridized carbons (Fsp3) is 0.400. The fourth-order valence-electron chi connectivity index (χ4n) is 4.23. The molecule has 1 amide bonds. The second kappa shape index (κ2) is 10.4. The number of amides is 1. The van der Waals surface area contributed by atoms with Gasteiger partial charge < -0.3 is 4.90 Å². The van der Waals surface area contributed by atoms with E-state index in [1.165, 1.54) is 5.56 Å². The van der Waals surface area contributed by atoms with Gasteiger partial charge in [0, 0.05) is 51.4 Å². The molecule has 0 N–H and O–H groups in total. The predicted octanol–water partition coefficient (Wildman–Crippen LogP) is 3.08. The summed E-state index contributed by atoms with van der Waals surface area (Å²) in [6.45, 7) is 5.19. The molecule has 2 saturated heterocycles. The third-order valence-corrected chi connectivity index (χ3v) is 7.99. The lowest BCUT2D eigenvalue weighted by Crippen LogP contribution is -2.48. The van der Waals surface area contributed by atoms with Crippen LogP contribution in [0.4, 0.5) is 0 Å². The van der Waals surface area contributed by atoms with Crippen LogP contribution in [-0.4, -0.2) is 74.2 Å². The zero-order chi connectivity index (χ0) is 22.4. The summed E-state index contributed by atoms with van der Waals surface area (Å²) in [7, 11) is -3.27. The molecule has 2 aliphatic heterocycles. The summed E-state index contributed by atoms with van der Waals surface area (Å²) < 4.78 is 26.6. The molecule has 0 unspecified atom stereocenters. The highest BCUT2D eigenvalue weighted by Crippen LogP contribution is 2.18. The van der Waals surface area contributed by atoms with Crippen LogP contribution in [0.3, 0.4) is 0 Å². The van der Waals surface area contributed by atoms with Crippen LogP contribution in [0.1, 0.15) is 34.3 Å². The topological polar surface area (TPSA) is 60.9 Å². The van der Waals surface area contributed by atoms with Crippen molar-refractivity contribution in [1.29, 1.82) is 0 Å². The molecule has 0 atom stereocenters.